The zero-order chi connectivity index (χ0) is 26.4. The molecule has 0 aromatic carbocycles. The number of nitrogens with one attached hydrogen (secondary N) is 2. The third kappa shape index (κ3) is 7.48. The van der Waals surface area contributed by atoms with Gasteiger partial charge in [0, 0.05) is 24.0 Å². The van der Waals surface area contributed by atoms with Crippen LogP contribution >= 0.6 is 0 Å². The van der Waals surface area contributed by atoms with Crippen LogP contribution in [0.1, 0.15) is 47.5 Å². The molecule has 0 aliphatic heterocycles. The molecule has 192 valence electrons. The quantitative estimate of drug-likeness (QED) is 0.189. The Labute approximate surface area is 204 Å². The van der Waals surface area contributed by atoms with Gasteiger partial charge in [0.25, 0.3) is 5.56 Å². The Balaban J connectivity index is 2.31. The van der Waals surface area contributed by atoms with Gasteiger partial charge >= 0.3 is 0 Å². The number of hydrogen-bond acceptors (Lipinski definition) is 6. The molecule has 35 heavy (non-hydrogen) atoms. The Bertz CT molecular complexity index is 1190. The Kier molecular flexibility index (Phi) is 9.36. The number of halogens is 1. The largest absolute Gasteiger partial charge is 0.417 e. The third-order valence-electron chi connectivity index (χ3n) is 6.18. The minimum Gasteiger partial charge on any atom is -0.417 e. The average Bonchev–Trinajstić information content (AvgIpc) is 3.14. The van der Waals surface area contributed by atoms with Crippen LogP contribution in [0.15, 0.2) is 27.6 Å². The molecule has 0 atom stereocenters. The van der Waals surface area contributed by atoms with Crippen molar-refractivity contribution in [2.75, 3.05) is 18.5 Å². The van der Waals surface area contributed by atoms with Gasteiger partial charge in [-0.15, -0.1) is 0 Å². The van der Waals surface area contributed by atoms with Gasteiger partial charge in [-0.1, -0.05) is 39.7 Å². The summed E-state index contributed by atoms with van der Waals surface area (Å²) in [6.45, 7) is 14.3. The molecule has 0 aliphatic carbocycles. The molecule has 0 spiro atoms. The van der Waals surface area contributed by atoms with E-state index in [2.05, 4.69) is 64.2 Å². The summed E-state index contributed by atoms with van der Waals surface area (Å²) in [4.78, 5) is 37.9. The second-order valence-corrected chi connectivity index (χ2v) is 15.0. The van der Waals surface area contributed by atoms with Crippen LogP contribution in [0.25, 0.3) is 21.6 Å². The number of nitrogens with zero attached hydrogens (tertiary/aromatic N) is 6. The van der Waals surface area contributed by atoms with E-state index in [0.29, 0.717) is 18.6 Å². The first-order valence-corrected chi connectivity index (χ1v) is 14.4. The van der Waals surface area contributed by atoms with Gasteiger partial charge in [-0.2, -0.15) is 4.98 Å². The molecule has 0 aliphatic rings. The number of imidazole rings is 1. The zero-order valence-corrected chi connectivity index (χ0v) is 22.5. The summed E-state index contributed by atoms with van der Waals surface area (Å²) in [7, 11) is -2.00. The van der Waals surface area contributed by atoms with Crippen LogP contribution in [-0.2, 0) is 15.8 Å². The van der Waals surface area contributed by atoms with Crippen LogP contribution < -0.4 is 10.9 Å². The number of rotatable bonds is 11. The number of amides is 1. The molecular weight excluding hydrogens is 471 g/mol. The lowest BCUT2D eigenvalue weighted by molar-refractivity contribution is -0.118. The van der Waals surface area contributed by atoms with Crippen molar-refractivity contribution in [2.24, 2.45) is 11.0 Å². The van der Waals surface area contributed by atoms with E-state index in [9.17, 15) is 9.59 Å². The number of azide groups is 1. The molecule has 0 unspecified atom stereocenters. The van der Waals surface area contributed by atoms with Crippen LogP contribution in [0.3, 0.4) is 0 Å². The number of carbonyl (C=O) groups is 1. The number of anilines is 1. The number of H-pyrrole nitrogens is 1. The van der Waals surface area contributed by atoms with Crippen LogP contribution in [0.2, 0.25) is 18.1 Å². The average molecular weight is 507 g/mol. The van der Waals surface area contributed by atoms with E-state index in [1.807, 2.05) is 0 Å². The Morgan fingerprint density at radius 2 is 2.06 bits per heavy atom. The molecule has 2 aromatic rings. The maximum atomic E-state index is 15.4. The highest BCUT2D eigenvalue weighted by Crippen LogP contribution is 2.36. The first-order chi connectivity index (χ1) is 16.3. The molecule has 0 fully saturated rings. The van der Waals surface area contributed by atoms with Crippen molar-refractivity contribution in [3.63, 3.8) is 0 Å². The summed E-state index contributed by atoms with van der Waals surface area (Å²) in [5.41, 5.74) is 8.73. The maximum Gasteiger partial charge on any atom is 0.280 e. The minimum atomic E-state index is -2.00. The first-order valence-electron chi connectivity index (χ1n) is 11.5. The van der Waals surface area contributed by atoms with Crippen molar-refractivity contribution in [3.8, 4) is 0 Å². The molecule has 0 radical (unpaired) electrons. The number of aromatic amines is 1. The fourth-order valence-corrected chi connectivity index (χ4v) is 3.97. The van der Waals surface area contributed by atoms with Crippen LogP contribution in [0, 0.1) is 5.92 Å². The first kappa shape index (κ1) is 28.2. The van der Waals surface area contributed by atoms with Crippen molar-refractivity contribution in [1.82, 2.24) is 19.5 Å². The van der Waals surface area contributed by atoms with E-state index in [4.69, 9.17) is 9.96 Å². The van der Waals surface area contributed by atoms with Crippen molar-refractivity contribution in [1.29, 1.82) is 0 Å². The molecule has 11 nitrogen and oxygen atoms in total. The molecule has 2 rings (SSSR count). The summed E-state index contributed by atoms with van der Waals surface area (Å²) in [5.74, 6) is -1.09. The van der Waals surface area contributed by atoms with Crippen molar-refractivity contribution in [2.45, 2.75) is 72.1 Å². The Hall–Kier alpha value is -3.02. The lowest BCUT2D eigenvalue weighted by Crippen LogP contribution is -2.41. The van der Waals surface area contributed by atoms with Gasteiger partial charge in [-0.25, -0.2) is 9.37 Å². The standard InChI is InChI=1S/C22H35FN8O3Si/c1-14(2)19(32)28-21-27-18-17(20(33)29-21)25-13-31(18)12-16(23)15(8-10-26-30-24)9-11-34-35(6,7)22(3,4)5/h13-14H,8-12H2,1-7H3,(H2,27,28,29,32,33)/b16-15-. The summed E-state index contributed by atoms with van der Waals surface area (Å²) in [6.07, 6.45) is 1.92. The van der Waals surface area contributed by atoms with Gasteiger partial charge in [0.05, 0.1) is 12.9 Å². The molecule has 13 heteroatoms. The fourth-order valence-electron chi connectivity index (χ4n) is 2.92. The highest BCUT2D eigenvalue weighted by atomic mass is 28.4. The maximum absolute atomic E-state index is 15.4. The lowest BCUT2D eigenvalue weighted by Gasteiger charge is -2.36. The van der Waals surface area contributed by atoms with Crippen LogP contribution in [-0.4, -0.2) is 46.9 Å². The minimum absolute atomic E-state index is 0.0255. The summed E-state index contributed by atoms with van der Waals surface area (Å²) >= 11 is 0. The highest BCUT2D eigenvalue weighted by Gasteiger charge is 2.36. The molecule has 0 bridgehead atoms. The number of aromatic nitrogens is 4. The summed E-state index contributed by atoms with van der Waals surface area (Å²) in [6, 6.07) is 0. The van der Waals surface area contributed by atoms with Gasteiger partial charge in [-0.05, 0) is 42.1 Å². The van der Waals surface area contributed by atoms with Gasteiger partial charge < -0.3 is 8.99 Å². The van der Waals surface area contributed by atoms with E-state index in [0.717, 1.165) is 0 Å². The van der Waals surface area contributed by atoms with Gasteiger partial charge in [0.1, 0.15) is 5.83 Å². The molecule has 2 aromatic heterocycles. The van der Waals surface area contributed by atoms with Gasteiger partial charge in [0.15, 0.2) is 19.5 Å². The SMILES string of the molecule is CC(C)C(=O)Nc1nc2c(ncn2C/C(F)=C(\CCN=[N+]=[N-])CCO[Si](C)(C)C(C)(C)C)c(=O)[nH]1. The van der Waals surface area contributed by atoms with Crippen molar-refractivity contribution in [3.05, 3.63) is 38.5 Å². The van der Waals surface area contributed by atoms with Crippen LogP contribution in [0.4, 0.5) is 10.3 Å². The topological polar surface area (TPSA) is 151 Å². The summed E-state index contributed by atoms with van der Waals surface area (Å²) in [5, 5.41) is 6.10. The van der Waals surface area contributed by atoms with E-state index in [1.54, 1.807) is 13.8 Å². The van der Waals surface area contributed by atoms with E-state index >= 15 is 4.39 Å². The number of carbonyl (C=O) groups excluding carboxylic acids is 1. The molecule has 2 N–H and O–H groups in total. The predicted octanol–water partition coefficient (Wildman–Crippen LogP) is 5.05. The molecule has 2 heterocycles. The van der Waals surface area contributed by atoms with E-state index < -0.39 is 19.7 Å². The molecule has 0 saturated carbocycles. The normalized spacial score (nSPS) is 13.1. The smallest absolute Gasteiger partial charge is 0.280 e. The zero-order valence-electron chi connectivity index (χ0n) is 21.5. The number of allylic oxidation sites excluding steroid dienone is 1. The molecule has 1 amide bonds. The molecular formula is C22H35FN8O3Si. The highest BCUT2D eigenvalue weighted by molar-refractivity contribution is 6.74. The summed E-state index contributed by atoms with van der Waals surface area (Å²) < 4.78 is 23.0. The van der Waals surface area contributed by atoms with E-state index in [-0.39, 0.29) is 53.5 Å². The number of fused-ring (bicyclic) bond motifs is 1. The second-order valence-electron chi connectivity index (χ2n) is 10.2. The monoisotopic (exact) mass is 506 g/mol. The van der Waals surface area contributed by atoms with Crippen LogP contribution in [0.5, 0.6) is 0 Å². The van der Waals surface area contributed by atoms with E-state index in [1.165, 1.54) is 10.9 Å². The van der Waals surface area contributed by atoms with Gasteiger partial charge in [0.2, 0.25) is 11.9 Å². The Morgan fingerprint density at radius 1 is 1.37 bits per heavy atom. The second kappa shape index (κ2) is 11.6. The fraction of sp³-hybridized carbons (Fsp3) is 0.636. The lowest BCUT2D eigenvalue weighted by atomic mass is 10.1. The predicted molar refractivity (Wildman–Crippen MR) is 136 cm³/mol. The third-order valence-corrected chi connectivity index (χ3v) is 10.7. The Morgan fingerprint density at radius 3 is 2.66 bits per heavy atom. The molecule has 0 saturated heterocycles. The number of hydrogen-bond donors (Lipinski definition) is 2. The van der Waals surface area contributed by atoms with Gasteiger partial charge in [-0.3, -0.25) is 19.9 Å². The van der Waals surface area contributed by atoms with Crippen molar-refractivity contribution >= 4 is 31.3 Å². The van der Waals surface area contributed by atoms with Crippen molar-refractivity contribution < 1.29 is 13.6 Å².